The highest BCUT2D eigenvalue weighted by Gasteiger charge is 2.31. The van der Waals surface area contributed by atoms with Gasteiger partial charge in [0.2, 0.25) is 5.91 Å². The second-order valence-electron chi connectivity index (χ2n) is 8.87. The van der Waals surface area contributed by atoms with Crippen LogP contribution in [0.1, 0.15) is 56.8 Å². The van der Waals surface area contributed by atoms with Crippen molar-refractivity contribution in [2.75, 3.05) is 32.8 Å². The zero-order chi connectivity index (χ0) is 25.9. The first-order valence-electron chi connectivity index (χ1n) is 12.7. The molecule has 3 N–H and O–H groups in total. The molecule has 36 heavy (non-hydrogen) atoms. The zero-order valence-electron chi connectivity index (χ0n) is 21.2. The number of carbonyl (C=O) groups excluding carboxylic acids is 1. The summed E-state index contributed by atoms with van der Waals surface area (Å²) in [6, 6.07) is 14.1. The largest absolute Gasteiger partial charge is 0.493 e. The van der Waals surface area contributed by atoms with Crippen molar-refractivity contribution in [1.29, 1.82) is 0 Å². The summed E-state index contributed by atoms with van der Waals surface area (Å²) in [6.45, 7) is 8.79. The Bertz CT molecular complexity index is 1030. The first kappa shape index (κ1) is 27.4. The molecule has 0 unspecified atom stereocenters. The van der Waals surface area contributed by atoms with Crippen LogP contribution in [0, 0.1) is 0 Å². The standard InChI is InChI=1S/C28H37N3O5/c1-3-30-17-7-18-31(4-2)28(30)24-20-23(22-12-9-21(10-13-22)11-16-27(33)34)14-15-25(24)36-19-6-5-8-26(32)29-35/h9-16,20,28,35H,3-8,17-19H2,1-2H3,(H,29,32)(H,33,34)/b16-11+. The number of hydrogen-bond donors (Lipinski definition) is 3. The quantitative estimate of drug-likeness (QED) is 0.172. The molecule has 0 radical (unpaired) electrons. The molecule has 0 saturated carbocycles. The fraction of sp³-hybridized carbons (Fsp3) is 0.429. The van der Waals surface area contributed by atoms with Gasteiger partial charge < -0.3 is 9.84 Å². The minimum atomic E-state index is -0.968. The molecule has 194 valence electrons. The number of carbonyl (C=O) groups is 2. The smallest absolute Gasteiger partial charge is 0.328 e. The van der Waals surface area contributed by atoms with Gasteiger partial charge in [-0.15, -0.1) is 0 Å². The molecule has 2 aromatic rings. The van der Waals surface area contributed by atoms with Crippen LogP contribution < -0.4 is 10.2 Å². The predicted molar refractivity (Wildman–Crippen MR) is 140 cm³/mol. The van der Waals surface area contributed by atoms with Gasteiger partial charge >= 0.3 is 5.97 Å². The SMILES string of the molecule is CCN1CCCN(CC)C1c1cc(-c2ccc(/C=C/C(=O)O)cc2)ccc1OCCCCC(=O)NO. The number of hydrogen-bond acceptors (Lipinski definition) is 6. The minimum absolute atomic E-state index is 0.113. The molecule has 1 amide bonds. The normalized spacial score (nSPS) is 15.3. The molecule has 8 heteroatoms. The summed E-state index contributed by atoms with van der Waals surface area (Å²) in [7, 11) is 0. The van der Waals surface area contributed by atoms with Gasteiger partial charge in [0.05, 0.1) is 12.8 Å². The molecule has 0 atom stereocenters. The highest BCUT2D eigenvalue weighted by molar-refractivity contribution is 5.85. The van der Waals surface area contributed by atoms with Crippen LogP contribution in [-0.2, 0) is 9.59 Å². The Kier molecular flexibility index (Phi) is 10.5. The Morgan fingerprint density at radius 1 is 1.03 bits per heavy atom. The van der Waals surface area contributed by atoms with Gasteiger partial charge in [0.25, 0.3) is 0 Å². The van der Waals surface area contributed by atoms with Crippen molar-refractivity contribution in [2.45, 2.75) is 45.7 Å². The van der Waals surface area contributed by atoms with Crippen molar-refractivity contribution >= 4 is 18.0 Å². The van der Waals surface area contributed by atoms with Gasteiger partial charge in [-0.05, 0) is 67.3 Å². The molecule has 1 saturated heterocycles. The second kappa shape index (κ2) is 13.8. The first-order chi connectivity index (χ1) is 17.5. The lowest BCUT2D eigenvalue weighted by molar-refractivity contribution is -0.131. The molecule has 1 fully saturated rings. The number of amides is 1. The minimum Gasteiger partial charge on any atom is -0.493 e. The molecule has 8 nitrogen and oxygen atoms in total. The van der Waals surface area contributed by atoms with Crippen molar-refractivity contribution in [2.24, 2.45) is 0 Å². The van der Waals surface area contributed by atoms with Crippen LogP contribution in [-0.4, -0.2) is 64.8 Å². The van der Waals surface area contributed by atoms with E-state index in [4.69, 9.17) is 15.1 Å². The number of carboxylic acids is 1. The molecular weight excluding hydrogens is 458 g/mol. The van der Waals surface area contributed by atoms with Gasteiger partial charge in [-0.3, -0.25) is 19.8 Å². The number of aliphatic carboxylic acids is 1. The Balaban J connectivity index is 1.88. The Morgan fingerprint density at radius 2 is 1.69 bits per heavy atom. The summed E-state index contributed by atoms with van der Waals surface area (Å²) in [4.78, 5) is 27.0. The fourth-order valence-corrected chi connectivity index (χ4v) is 4.65. The third-order valence-electron chi connectivity index (χ3n) is 6.53. The van der Waals surface area contributed by atoms with Gasteiger partial charge in [-0.25, -0.2) is 10.3 Å². The lowest BCUT2D eigenvalue weighted by Crippen LogP contribution is -2.47. The van der Waals surface area contributed by atoms with Crippen LogP contribution in [0.4, 0.5) is 0 Å². The van der Waals surface area contributed by atoms with Crippen LogP contribution in [0.3, 0.4) is 0 Å². The van der Waals surface area contributed by atoms with Gasteiger partial charge in [0.15, 0.2) is 0 Å². The molecule has 0 spiro atoms. The highest BCUT2D eigenvalue weighted by atomic mass is 16.5. The van der Waals surface area contributed by atoms with Gasteiger partial charge in [-0.1, -0.05) is 44.2 Å². The number of carboxylic acid groups (broad SMARTS) is 1. The van der Waals surface area contributed by atoms with Crippen molar-refractivity contribution in [3.63, 3.8) is 0 Å². The molecule has 0 bridgehead atoms. The molecule has 0 aromatic heterocycles. The van der Waals surface area contributed by atoms with E-state index in [1.165, 1.54) is 0 Å². The number of ether oxygens (including phenoxy) is 1. The fourth-order valence-electron chi connectivity index (χ4n) is 4.65. The van der Waals surface area contributed by atoms with Crippen LogP contribution in [0.2, 0.25) is 0 Å². The van der Waals surface area contributed by atoms with Crippen molar-refractivity contribution < 1.29 is 24.6 Å². The number of rotatable bonds is 12. The maximum atomic E-state index is 11.3. The van der Waals surface area contributed by atoms with E-state index >= 15 is 0 Å². The molecule has 0 aliphatic carbocycles. The van der Waals surface area contributed by atoms with Crippen molar-refractivity contribution in [3.8, 4) is 16.9 Å². The monoisotopic (exact) mass is 495 g/mol. The number of hydroxylamine groups is 1. The van der Waals surface area contributed by atoms with Crippen LogP contribution in [0.25, 0.3) is 17.2 Å². The summed E-state index contributed by atoms with van der Waals surface area (Å²) in [6.07, 6.45) is 5.57. The van der Waals surface area contributed by atoms with Crippen LogP contribution >= 0.6 is 0 Å². The van der Waals surface area contributed by atoms with E-state index in [1.807, 2.05) is 30.3 Å². The molecule has 1 aliphatic heterocycles. The molecular formula is C28H37N3O5. The second-order valence-corrected chi connectivity index (χ2v) is 8.87. The average Bonchev–Trinajstić information content (AvgIpc) is 2.91. The number of nitrogens with one attached hydrogen (secondary N) is 1. The maximum Gasteiger partial charge on any atom is 0.328 e. The molecule has 1 heterocycles. The summed E-state index contributed by atoms with van der Waals surface area (Å²) in [5, 5.41) is 17.5. The van der Waals surface area contributed by atoms with Crippen LogP contribution in [0.5, 0.6) is 5.75 Å². The molecule has 2 aromatic carbocycles. The lowest BCUT2D eigenvalue weighted by atomic mass is 9.98. The summed E-state index contributed by atoms with van der Waals surface area (Å²) in [5.74, 6) is -0.511. The molecule has 1 aliphatic rings. The third kappa shape index (κ3) is 7.40. The number of unbranched alkanes of at least 4 members (excludes halogenated alkanes) is 1. The molecule has 3 rings (SSSR count). The topological polar surface area (TPSA) is 102 Å². The zero-order valence-corrected chi connectivity index (χ0v) is 21.2. The van der Waals surface area contributed by atoms with Gasteiger partial charge in [0, 0.05) is 31.1 Å². The Morgan fingerprint density at radius 3 is 2.31 bits per heavy atom. The van der Waals surface area contributed by atoms with E-state index < -0.39 is 5.97 Å². The first-order valence-corrected chi connectivity index (χ1v) is 12.7. The average molecular weight is 496 g/mol. The van der Waals surface area contributed by atoms with E-state index in [0.717, 1.165) is 66.7 Å². The van der Waals surface area contributed by atoms with E-state index in [-0.39, 0.29) is 18.5 Å². The van der Waals surface area contributed by atoms with Crippen molar-refractivity contribution in [1.82, 2.24) is 15.3 Å². The lowest BCUT2D eigenvalue weighted by Gasteiger charge is -2.44. The van der Waals surface area contributed by atoms with Gasteiger partial charge in [0.1, 0.15) is 5.75 Å². The highest BCUT2D eigenvalue weighted by Crippen LogP contribution is 2.37. The van der Waals surface area contributed by atoms with E-state index in [9.17, 15) is 9.59 Å². The number of benzene rings is 2. The number of nitrogens with zero attached hydrogens (tertiary/aromatic N) is 2. The van der Waals surface area contributed by atoms with Crippen molar-refractivity contribution in [3.05, 3.63) is 59.7 Å². The Labute approximate surface area is 213 Å². The summed E-state index contributed by atoms with van der Waals surface area (Å²) in [5.41, 5.74) is 5.74. The predicted octanol–water partition coefficient (Wildman–Crippen LogP) is 4.55. The van der Waals surface area contributed by atoms with Crippen LogP contribution in [0.15, 0.2) is 48.5 Å². The summed E-state index contributed by atoms with van der Waals surface area (Å²) < 4.78 is 6.24. The third-order valence-corrected chi connectivity index (χ3v) is 6.53. The van der Waals surface area contributed by atoms with E-state index in [1.54, 1.807) is 11.6 Å². The van der Waals surface area contributed by atoms with E-state index in [2.05, 4.69) is 35.8 Å². The Hall–Kier alpha value is -3.20. The maximum absolute atomic E-state index is 11.3. The summed E-state index contributed by atoms with van der Waals surface area (Å²) >= 11 is 0. The van der Waals surface area contributed by atoms with Gasteiger partial charge in [-0.2, -0.15) is 0 Å². The van der Waals surface area contributed by atoms with E-state index in [0.29, 0.717) is 19.4 Å².